The fraction of sp³-hybridized carbons (Fsp3) is 0.538. The van der Waals surface area contributed by atoms with Crippen LogP contribution in [0.3, 0.4) is 0 Å². The number of hydrogen-bond acceptors (Lipinski definition) is 3. The number of nitrogens with zero attached hydrogens (tertiary/aromatic N) is 1. The molecule has 0 bridgehead atoms. The molecule has 18 heavy (non-hydrogen) atoms. The molecule has 1 fully saturated rings. The Bertz CT molecular complexity index is 383. The van der Waals surface area contributed by atoms with Crippen molar-refractivity contribution < 1.29 is 9.13 Å². The van der Waals surface area contributed by atoms with E-state index in [2.05, 4.69) is 17.1 Å². The molecule has 0 saturated carbocycles. The van der Waals surface area contributed by atoms with Crippen molar-refractivity contribution >= 4 is 12.4 Å². The Morgan fingerprint density at radius 1 is 1.33 bits per heavy atom. The molecule has 0 amide bonds. The van der Waals surface area contributed by atoms with Crippen molar-refractivity contribution in [1.82, 2.24) is 10.2 Å². The van der Waals surface area contributed by atoms with Gasteiger partial charge < -0.3 is 10.1 Å². The summed E-state index contributed by atoms with van der Waals surface area (Å²) in [7, 11) is 1.63. The second-order valence-corrected chi connectivity index (χ2v) is 4.35. The molecular formula is C13H20ClFN2O. The summed E-state index contributed by atoms with van der Waals surface area (Å²) in [5, 5.41) is 3.31. The monoisotopic (exact) mass is 274 g/mol. The smallest absolute Gasteiger partial charge is 0.123 e. The maximum Gasteiger partial charge on any atom is 0.123 e. The lowest BCUT2D eigenvalue weighted by Gasteiger charge is -2.33. The van der Waals surface area contributed by atoms with Crippen LogP contribution < -0.4 is 10.1 Å². The van der Waals surface area contributed by atoms with Gasteiger partial charge in [-0.15, -0.1) is 12.4 Å². The van der Waals surface area contributed by atoms with E-state index in [1.165, 1.54) is 6.07 Å². The van der Waals surface area contributed by atoms with Gasteiger partial charge in [0.2, 0.25) is 0 Å². The molecule has 1 aliphatic rings. The van der Waals surface area contributed by atoms with Gasteiger partial charge in [0.1, 0.15) is 11.6 Å². The van der Waals surface area contributed by atoms with Crippen LogP contribution in [-0.4, -0.2) is 38.2 Å². The van der Waals surface area contributed by atoms with Crippen LogP contribution in [0, 0.1) is 5.82 Å². The first-order valence-electron chi connectivity index (χ1n) is 6.00. The zero-order chi connectivity index (χ0) is 12.3. The summed E-state index contributed by atoms with van der Waals surface area (Å²) in [5.74, 6) is 0.556. The van der Waals surface area contributed by atoms with E-state index in [0.717, 1.165) is 37.5 Å². The molecule has 1 N–H and O–H groups in total. The number of benzene rings is 1. The molecule has 1 heterocycles. The highest BCUT2D eigenvalue weighted by Gasteiger charge is 2.21. The minimum absolute atomic E-state index is 0. The molecule has 1 aromatic rings. The Morgan fingerprint density at radius 2 is 2.00 bits per heavy atom. The van der Waals surface area contributed by atoms with Gasteiger partial charge in [0.15, 0.2) is 0 Å². The molecule has 2 rings (SSSR count). The SMILES string of the molecule is COc1ccc(F)cc1[C@@H](C)N1CCNCC1.Cl. The zero-order valence-electron chi connectivity index (χ0n) is 10.8. The van der Waals surface area contributed by atoms with E-state index in [1.54, 1.807) is 19.2 Å². The van der Waals surface area contributed by atoms with Gasteiger partial charge in [-0.25, -0.2) is 4.39 Å². The summed E-state index contributed by atoms with van der Waals surface area (Å²) in [4.78, 5) is 2.34. The predicted molar refractivity (Wildman–Crippen MR) is 73.1 cm³/mol. The molecule has 0 spiro atoms. The molecule has 0 unspecified atom stereocenters. The maximum atomic E-state index is 13.3. The average molecular weight is 275 g/mol. The van der Waals surface area contributed by atoms with Gasteiger partial charge in [-0.1, -0.05) is 0 Å². The van der Waals surface area contributed by atoms with Gasteiger partial charge in [0, 0.05) is 37.8 Å². The number of nitrogens with one attached hydrogen (secondary N) is 1. The van der Waals surface area contributed by atoms with Crippen molar-refractivity contribution in [2.45, 2.75) is 13.0 Å². The molecule has 102 valence electrons. The topological polar surface area (TPSA) is 24.5 Å². The second kappa shape index (κ2) is 6.92. The van der Waals surface area contributed by atoms with Crippen molar-refractivity contribution in [2.24, 2.45) is 0 Å². The van der Waals surface area contributed by atoms with Gasteiger partial charge in [-0.2, -0.15) is 0 Å². The number of rotatable bonds is 3. The summed E-state index contributed by atoms with van der Waals surface area (Å²) in [6.45, 7) is 6.05. The number of piperazine rings is 1. The molecule has 1 aromatic carbocycles. The predicted octanol–water partition coefficient (Wildman–Crippen LogP) is 2.22. The quantitative estimate of drug-likeness (QED) is 0.915. The Morgan fingerprint density at radius 3 is 2.61 bits per heavy atom. The number of ether oxygens (including phenoxy) is 1. The summed E-state index contributed by atoms with van der Waals surface area (Å²) in [6.07, 6.45) is 0. The Balaban J connectivity index is 0.00000162. The third kappa shape index (κ3) is 3.34. The van der Waals surface area contributed by atoms with Crippen LogP contribution in [0.15, 0.2) is 18.2 Å². The molecule has 5 heteroatoms. The van der Waals surface area contributed by atoms with Crippen molar-refractivity contribution in [2.75, 3.05) is 33.3 Å². The van der Waals surface area contributed by atoms with E-state index in [1.807, 2.05) is 0 Å². The third-order valence-corrected chi connectivity index (χ3v) is 3.34. The van der Waals surface area contributed by atoms with Crippen molar-refractivity contribution in [1.29, 1.82) is 0 Å². The molecule has 3 nitrogen and oxygen atoms in total. The summed E-state index contributed by atoms with van der Waals surface area (Å²) < 4.78 is 18.6. The molecule has 1 saturated heterocycles. The first-order valence-corrected chi connectivity index (χ1v) is 6.00. The van der Waals surface area contributed by atoms with E-state index in [-0.39, 0.29) is 24.3 Å². The third-order valence-electron chi connectivity index (χ3n) is 3.34. The highest BCUT2D eigenvalue weighted by atomic mass is 35.5. The van der Waals surface area contributed by atoms with Crippen LogP contribution in [0.5, 0.6) is 5.75 Å². The van der Waals surface area contributed by atoms with Gasteiger partial charge in [-0.3, -0.25) is 4.90 Å². The van der Waals surface area contributed by atoms with Crippen molar-refractivity contribution in [3.8, 4) is 5.75 Å². The van der Waals surface area contributed by atoms with Crippen LogP contribution in [0.1, 0.15) is 18.5 Å². The van der Waals surface area contributed by atoms with Gasteiger partial charge >= 0.3 is 0 Å². The second-order valence-electron chi connectivity index (χ2n) is 4.35. The van der Waals surface area contributed by atoms with E-state index >= 15 is 0 Å². The van der Waals surface area contributed by atoms with Crippen LogP contribution in [0.4, 0.5) is 4.39 Å². The lowest BCUT2D eigenvalue weighted by Crippen LogP contribution is -2.44. The van der Waals surface area contributed by atoms with E-state index in [4.69, 9.17) is 4.74 Å². The van der Waals surface area contributed by atoms with Crippen LogP contribution >= 0.6 is 12.4 Å². The van der Waals surface area contributed by atoms with E-state index < -0.39 is 0 Å². The highest BCUT2D eigenvalue weighted by molar-refractivity contribution is 5.85. The lowest BCUT2D eigenvalue weighted by molar-refractivity contribution is 0.182. The van der Waals surface area contributed by atoms with Gasteiger partial charge in [-0.05, 0) is 25.1 Å². The minimum Gasteiger partial charge on any atom is -0.496 e. The van der Waals surface area contributed by atoms with E-state index in [0.29, 0.717) is 0 Å². The molecule has 0 radical (unpaired) electrons. The zero-order valence-corrected chi connectivity index (χ0v) is 11.6. The fourth-order valence-electron chi connectivity index (χ4n) is 2.30. The van der Waals surface area contributed by atoms with Crippen molar-refractivity contribution in [3.63, 3.8) is 0 Å². The standard InChI is InChI=1S/C13H19FN2O.ClH/c1-10(16-7-5-15-6-8-16)12-9-11(14)3-4-13(12)17-2;/h3-4,9-10,15H,5-8H2,1-2H3;1H/t10-;/m1./s1. The van der Waals surface area contributed by atoms with E-state index in [9.17, 15) is 4.39 Å². The Kier molecular flexibility index (Phi) is 5.85. The molecule has 0 aliphatic carbocycles. The largest absolute Gasteiger partial charge is 0.496 e. The molecule has 0 aromatic heterocycles. The first kappa shape index (κ1) is 15.2. The average Bonchev–Trinajstić information content (AvgIpc) is 2.39. The summed E-state index contributed by atoms with van der Waals surface area (Å²) in [6, 6.07) is 4.89. The first-order chi connectivity index (χ1) is 8.22. The van der Waals surface area contributed by atoms with Crippen LogP contribution in [0.2, 0.25) is 0 Å². The molecular weight excluding hydrogens is 255 g/mol. The molecule has 1 atom stereocenters. The normalized spacial score (nSPS) is 17.9. The highest BCUT2D eigenvalue weighted by Crippen LogP contribution is 2.29. The minimum atomic E-state index is -0.206. The maximum absolute atomic E-state index is 13.3. The fourth-order valence-corrected chi connectivity index (χ4v) is 2.30. The van der Waals surface area contributed by atoms with Crippen molar-refractivity contribution in [3.05, 3.63) is 29.6 Å². The van der Waals surface area contributed by atoms with Gasteiger partial charge in [0.25, 0.3) is 0 Å². The number of methoxy groups -OCH3 is 1. The molecule has 1 aliphatic heterocycles. The van der Waals surface area contributed by atoms with Crippen LogP contribution in [-0.2, 0) is 0 Å². The summed E-state index contributed by atoms with van der Waals surface area (Å²) in [5.41, 5.74) is 0.925. The Labute approximate surface area is 114 Å². The lowest BCUT2D eigenvalue weighted by atomic mass is 10.0. The summed E-state index contributed by atoms with van der Waals surface area (Å²) >= 11 is 0. The number of hydrogen-bond donors (Lipinski definition) is 1. The Hall–Kier alpha value is -0.840. The van der Waals surface area contributed by atoms with Crippen LogP contribution in [0.25, 0.3) is 0 Å². The van der Waals surface area contributed by atoms with Gasteiger partial charge in [0.05, 0.1) is 7.11 Å². The number of halogens is 2.